The molecule has 4 aromatic rings. The van der Waals surface area contributed by atoms with Crippen LogP contribution in [0.5, 0.6) is 0 Å². The van der Waals surface area contributed by atoms with Gasteiger partial charge in [-0.3, -0.25) is 4.57 Å². The number of rotatable bonds is 10. The number of aromatic amines is 1. The molecule has 0 aliphatic carbocycles. The van der Waals surface area contributed by atoms with E-state index in [0.29, 0.717) is 4.90 Å². The lowest BCUT2D eigenvalue weighted by molar-refractivity contribution is -0.182. The van der Waals surface area contributed by atoms with Crippen molar-refractivity contribution in [3.05, 3.63) is 53.3 Å². The summed E-state index contributed by atoms with van der Waals surface area (Å²) in [5.41, 5.74) is -3.27. The molecule has 1 unspecified atom stereocenters. The maximum Gasteiger partial charge on any atom is 0.425 e. The summed E-state index contributed by atoms with van der Waals surface area (Å²) in [6, 6.07) is 9.06. The number of aromatic nitrogens is 8. The number of hydrogen-bond acceptors (Lipinski definition) is 14. The third-order valence-corrected chi connectivity index (χ3v) is 7.98. The second-order valence-corrected chi connectivity index (χ2v) is 14.4. The Kier molecular flexibility index (Phi) is 11.1. The van der Waals surface area contributed by atoms with E-state index < -0.39 is 59.4 Å². The quantitative estimate of drug-likeness (QED) is 0.125. The van der Waals surface area contributed by atoms with Gasteiger partial charge in [0.15, 0.2) is 35.2 Å². The number of esters is 1. The maximum absolute atomic E-state index is 16.2. The molecule has 5 atom stereocenters. The van der Waals surface area contributed by atoms with Crippen LogP contribution in [0, 0.1) is 5.92 Å². The molecule has 0 bridgehead atoms. The molecule has 0 saturated carbocycles. The SMILES string of the molecule is CCOC(=O)C(Cc1ccccc1)(OC[C@H]1O[C@@H](n2cnc3c(N(C(=O)OC(C)(C)C)C(=O)OC(C)(C)C)nc(Cl)nc32)[C@@H](F)[C@@H]1C)c1nnn[nH]1. The van der Waals surface area contributed by atoms with Crippen LogP contribution in [0.1, 0.15) is 73.0 Å². The van der Waals surface area contributed by atoms with Crippen LogP contribution in [0.2, 0.25) is 5.28 Å². The molecule has 1 N–H and O–H groups in total. The number of tetrazole rings is 1. The number of anilines is 1. The van der Waals surface area contributed by atoms with Crippen LogP contribution < -0.4 is 4.90 Å². The van der Waals surface area contributed by atoms with Gasteiger partial charge in [-0.25, -0.2) is 28.9 Å². The lowest BCUT2D eigenvalue weighted by atomic mass is 9.92. The molecule has 52 heavy (non-hydrogen) atoms. The molecule has 19 heteroatoms. The number of halogens is 2. The normalized spacial score (nSPS) is 20.3. The van der Waals surface area contributed by atoms with E-state index in [9.17, 15) is 14.4 Å². The molecule has 1 aliphatic heterocycles. The van der Waals surface area contributed by atoms with Gasteiger partial charge in [0.1, 0.15) is 11.2 Å². The van der Waals surface area contributed by atoms with Crippen molar-refractivity contribution in [2.24, 2.45) is 5.92 Å². The van der Waals surface area contributed by atoms with Gasteiger partial charge in [-0.05, 0) is 76.1 Å². The first kappa shape index (κ1) is 38.4. The predicted molar refractivity (Wildman–Crippen MR) is 182 cm³/mol. The van der Waals surface area contributed by atoms with Crippen molar-refractivity contribution in [2.45, 2.75) is 97.1 Å². The van der Waals surface area contributed by atoms with Gasteiger partial charge in [0.05, 0.1) is 25.6 Å². The monoisotopic (exact) mass is 745 g/mol. The number of benzene rings is 1. The number of amides is 2. The van der Waals surface area contributed by atoms with Gasteiger partial charge in [-0.15, -0.1) is 5.10 Å². The second kappa shape index (κ2) is 15.0. The van der Waals surface area contributed by atoms with E-state index in [2.05, 4.69) is 35.6 Å². The summed E-state index contributed by atoms with van der Waals surface area (Å²) in [6.07, 6.45) is -4.91. The number of hydrogen-bond donors (Lipinski definition) is 1. The summed E-state index contributed by atoms with van der Waals surface area (Å²) in [6.45, 7) is 12.8. The van der Waals surface area contributed by atoms with Gasteiger partial charge in [-0.2, -0.15) is 14.9 Å². The first-order valence-electron chi connectivity index (χ1n) is 16.5. The Balaban J connectivity index is 1.48. The van der Waals surface area contributed by atoms with E-state index in [1.54, 1.807) is 67.5 Å². The minimum absolute atomic E-state index is 0.00666. The molecule has 1 aromatic carbocycles. The Morgan fingerprint density at radius 2 is 1.69 bits per heavy atom. The molecule has 1 aliphatic rings. The van der Waals surface area contributed by atoms with Gasteiger partial charge >= 0.3 is 18.2 Å². The highest BCUT2D eigenvalue weighted by Crippen LogP contribution is 2.40. The summed E-state index contributed by atoms with van der Waals surface area (Å²) in [5, 5.41) is 13.5. The Morgan fingerprint density at radius 1 is 1.04 bits per heavy atom. The fourth-order valence-electron chi connectivity index (χ4n) is 5.45. The molecule has 2 amide bonds. The number of imidazole rings is 1. The zero-order chi connectivity index (χ0) is 38.0. The zero-order valence-corrected chi connectivity index (χ0v) is 30.8. The number of carbonyl (C=O) groups is 3. The molecule has 5 rings (SSSR count). The van der Waals surface area contributed by atoms with Crippen molar-refractivity contribution in [1.29, 1.82) is 0 Å². The molecular formula is C33H41ClFN9O8. The highest BCUT2D eigenvalue weighted by atomic mass is 35.5. The van der Waals surface area contributed by atoms with Crippen molar-refractivity contribution in [2.75, 3.05) is 18.1 Å². The third kappa shape index (κ3) is 8.29. The number of ether oxygens (including phenoxy) is 5. The van der Waals surface area contributed by atoms with Crippen LogP contribution in [0.3, 0.4) is 0 Å². The zero-order valence-electron chi connectivity index (χ0n) is 30.0. The van der Waals surface area contributed by atoms with Crippen molar-refractivity contribution in [3.63, 3.8) is 0 Å². The van der Waals surface area contributed by atoms with Crippen LogP contribution in [-0.4, -0.2) is 95.0 Å². The van der Waals surface area contributed by atoms with E-state index in [1.165, 1.54) is 10.9 Å². The van der Waals surface area contributed by atoms with Gasteiger partial charge in [-0.1, -0.05) is 37.3 Å². The van der Waals surface area contributed by atoms with Crippen LogP contribution in [0.15, 0.2) is 36.7 Å². The molecule has 3 aromatic heterocycles. The molecule has 0 spiro atoms. The number of nitrogens with zero attached hydrogens (tertiary/aromatic N) is 8. The molecular weight excluding hydrogens is 705 g/mol. The number of fused-ring (bicyclic) bond motifs is 1. The molecule has 17 nitrogen and oxygen atoms in total. The predicted octanol–water partition coefficient (Wildman–Crippen LogP) is 5.26. The van der Waals surface area contributed by atoms with Crippen LogP contribution in [0.4, 0.5) is 19.8 Å². The maximum atomic E-state index is 16.2. The number of alkyl halides is 1. The van der Waals surface area contributed by atoms with Crippen molar-refractivity contribution < 1.29 is 42.5 Å². The fraction of sp³-hybridized carbons (Fsp3) is 0.545. The molecule has 4 heterocycles. The number of nitrogens with one attached hydrogen (secondary N) is 1. The van der Waals surface area contributed by atoms with E-state index in [1.807, 2.05) is 18.2 Å². The third-order valence-electron chi connectivity index (χ3n) is 7.81. The molecule has 1 fully saturated rings. The average molecular weight is 746 g/mol. The lowest BCUT2D eigenvalue weighted by Crippen LogP contribution is -2.45. The van der Waals surface area contributed by atoms with E-state index >= 15 is 4.39 Å². The minimum Gasteiger partial charge on any atom is -0.463 e. The fourth-order valence-corrected chi connectivity index (χ4v) is 5.61. The summed E-state index contributed by atoms with van der Waals surface area (Å²) in [7, 11) is 0. The lowest BCUT2D eigenvalue weighted by Gasteiger charge is -2.30. The van der Waals surface area contributed by atoms with Crippen LogP contribution in [0.25, 0.3) is 11.2 Å². The molecule has 0 radical (unpaired) electrons. The minimum atomic E-state index is -1.84. The standard InChI is InChI=1S/C33H41ClFN9O8/c1-9-48-27(45)33(26-39-41-42-40-26,15-19-13-11-10-12-14-19)49-16-20-18(2)21(35)25(50-20)43-17-36-22-23(43)37-28(34)38-24(22)44(29(46)51-31(3,4)5)30(47)52-32(6,7)8/h10-14,17-18,20-21,25H,9,15-16H2,1-8H3,(H,39,40,41,42)/t18-,20-,21+,25-,33?/m1/s1. The Bertz CT molecular complexity index is 1860. The topological polar surface area (TPSA) is 199 Å². The highest BCUT2D eigenvalue weighted by molar-refractivity contribution is 6.29. The Labute approximate surface area is 303 Å². The van der Waals surface area contributed by atoms with E-state index in [0.717, 1.165) is 5.56 Å². The smallest absolute Gasteiger partial charge is 0.425 e. The van der Waals surface area contributed by atoms with Crippen LogP contribution in [-0.2, 0) is 40.5 Å². The highest BCUT2D eigenvalue weighted by Gasteiger charge is 2.50. The average Bonchev–Trinajstić information content (AvgIpc) is 3.79. The summed E-state index contributed by atoms with van der Waals surface area (Å²) in [4.78, 5) is 53.7. The first-order chi connectivity index (χ1) is 24.4. The Morgan fingerprint density at radius 3 is 2.27 bits per heavy atom. The number of carbonyl (C=O) groups excluding carboxylic acids is 3. The summed E-state index contributed by atoms with van der Waals surface area (Å²) >= 11 is 6.33. The number of imide groups is 1. The van der Waals surface area contributed by atoms with Crippen molar-refractivity contribution in [1.82, 2.24) is 40.1 Å². The summed E-state index contributed by atoms with van der Waals surface area (Å²) < 4.78 is 46.4. The second-order valence-electron chi connectivity index (χ2n) is 14.1. The largest absolute Gasteiger partial charge is 0.463 e. The van der Waals surface area contributed by atoms with Gasteiger partial charge in [0.25, 0.3) is 0 Å². The van der Waals surface area contributed by atoms with E-state index in [4.69, 9.17) is 35.3 Å². The van der Waals surface area contributed by atoms with Crippen molar-refractivity contribution in [3.8, 4) is 0 Å². The van der Waals surface area contributed by atoms with E-state index in [-0.39, 0.29) is 47.7 Å². The van der Waals surface area contributed by atoms with Gasteiger partial charge < -0.3 is 23.7 Å². The number of H-pyrrole nitrogens is 1. The van der Waals surface area contributed by atoms with Gasteiger partial charge in [0, 0.05) is 12.3 Å². The summed E-state index contributed by atoms with van der Waals surface area (Å²) in [5.74, 6) is -1.90. The Hall–Kier alpha value is -4.81. The van der Waals surface area contributed by atoms with Crippen LogP contribution >= 0.6 is 11.6 Å². The van der Waals surface area contributed by atoms with Crippen molar-refractivity contribution >= 4 is 46.7 Å². The molecule has 1 saturated heterocycles. The molecule has 280 valence electrons. The van der Waals surface area contributed by atoms with Gasteiger partial charge in [0.2, 0.25) is 10.9 Å². The first-order valence-corrected chi connectivity index (χ1v) is 16.9.